The number of carbonyl (C=O) groups excluding carboxylic acids is 2. The molecule has 0 spiro atoms. The Bertz CT molecular complexity index is 1450. The fourth-order valence-corrected chi connectivity index (χ4v) is 5.96. The van der Waals surface area contributed by atoms with Crippen molar-refractivity contribution in [3.05, 3.63) is 64.4 Å². The van der Waals surface area contributed by atoms with Crippen LogP contribution in [0.4, 0.5) is 10.6 Å². The molecule has 4 heterocycles. The summed E-state index contributed by atoms with van der Waals surface area (Å²) in [7, 11) is 0. The number of aryl methyl sites for hydroxylation is 2. The molecule has 9 nitrogen and oxygen atoms in total. The van der Waals surface area contributed by atoms with E-state index in [1.807, 2.05) is 24.3 Å². The van der Waals surface area contributed by atoms with Crippen LogP contribution in [0, 0.1) is 0 Å². The lowest BCUT2D eigenvalue weighted by molar-refractivity contribution is -0.123. The highest BCUT2D eigenvalue weighted by Gasteiger charge is 2.43. The van der Waals surface area contributed by atoms with E-state index in [-0.39, 0.29) is 5.91 Å². The van der Waals surface area contributed by atoms with Crippen LogP contribution < -0.4 is 16.0 Å². The highest BCUT2D eigenvalue weighted by Crippen LogP contribution is 2.39. The Morgan fingerprint density at radius 1 is 1.09 bits per heavy atom. The lowest BCUT2D eigenvalue weighted by Gasteiger charge is -2.21. The number of anilines is 1. The second kappa shape index (κ2) is 8.38. The Morgan fingerprint density at radius 2 is 1.91 bits per heavy atom. The first kappa shape index (κ1) is 21.6. The number of nitrogens with zero attached hydrogens (tertiary/aromatic N) is 4. The van der Waals surface area contributed by atoms with Crippen molar-refractivity contribution in [2.75, 3.05) is 5.32 Å². The summed E-state index contributed by atoms with van der Waals surface area (Å²) in [5, 5.41) is 9.63. The SMILES string of the molecule is CC1(c2ccc(CNc3nc(-c4cnccn4)nc4sc5c(c34)CCCC5)cc2)NC(=O)NC1=O. The molecule has 6 rings (SSSR count). The summed E-state index contributed by atoms with van der Waals surface area (Å²) in [4.78, 5) is 44.5. The van der Waals surface area contributed by atoms with Gasteiger partial charge in [0.05, 0.1) is 11.6 Å². The summed E-state index contributed by atoms with van der Waals surface area (Å²) in [6, 6.07) is 7.17. The molecule has 0 saturated carbocycles. The van der Waals surface area contributed by atoms with E-state index in [2.05, 4.69) is 25.9 Å². The molecule has 1 aromatic carbocycles. The zero-order valence-corrected chi connectivity index (χ0v) is 19.9. The van der Waals surface area contributed by atoms with Crippen molar-refractivity contribution in [1.29, 1.82) is 0 Å². The first-order valence-corrected chi connectivity index (χ1v) is 12.4. The fraction of sp³-hybridized carbons (Fsp3) is 0.280. The molecule has 1 aliphatic heterocycles. The number of amides is 3. The van der Waals surface area contributed by atoms with Gasteiger partial charge in [-0.05, 0) is 49.3 Å². The Kier molecular flexibility index (Phi) is 5.18. The van der Waals surface area contributed by atoms with Crippen molar-refractivity contribution in [2.45, 2.75) is 44.7 Å². The maximum absolute atomic E-state index is 12.2. The van der Waals surface area contributed by atoms with Crippen LogP contribution in [-0.2, 0) is 29.7 Å². The van der Waals surface area contributed by atoms with Gasteiger partial charge in [-0.3, -0.25) is 15.1 Å². The van der Waals surface area contributed by atoms with Gasteiger partial charge >= 0.3 is 6.03 Å². The quantitative estimate of drug-likeness (QED) is 0.369. The molecule has 4 aromatic rings. The highest BCUT2D eigenvalue weighted by atomic mass is 32.1. The summed E-state index contributed by atoms with van der Waals surface area (Å²) in [6.45, 7) is 2.25. The van der Waals surface area contributed by atoms with Crippen LogP contribution in [0.2, 0.25) is 0 Å². The molecule has 0 radical (unpaired) electrons. The minimum absolute atomic E-state index is 0.351. The lowest BCUT2D eigenvalue weighted by atomic mass is 9.91. The van der Waals surface area contributed by atoms with Crippen LogP contribution in [0.3, 0.4) is 0 Å². The van der Waals surface area contributed by atoms with Crippen molar-refractivity contribution in [1.82, 2.24) is 30.6 Å². The zero-order valence-electron chi connectivity index (χ0n) is 19.1. The summed E-state index contributed by atoms with van der Waals surface area (Å²) < 4.78 is 0. The van der Waals surface area contributed by atoms with Crippen molar-refractivity contribution in [2.24, 2.45) is 0 Å². The number of rotatable bonds is 5. The largest absolute Gasteiger partial charge is 0.365 e. The fourth-order valence-electron chi connectivity index (χ4n) is 4.70. The van der Waals surface area contributed by atoms with Crippen LogP contribution in [0.1, 0.15) is 41.3 Å². The molecule has 3 N–H and O–H groups in total. The first-order chi connectivity index (χ1) is 17.0. The third-order valence-electron chi connectivity index (χ3n) is 6.64. The summed E-state index contributed by atoms with van der Waals surface area (Å²) >= 11 is 1.75. The summed E-state index contributed by atoms with van der Waals surface area (Å²) in [5.74, 6) is 1.00. The van der Waals surface area contributed by atoms with Crippen LogP contribution in [-0.4, -0.2) is 31.9 Å². The molecule has 35 heavy (non-hydrogen) atoms. The molecule has 0 bridgehead atoms. The summed E-state index contributed by atoms with van der Waals surface area (Å²) in [6.07, 6.45) is 9.46. The number of nitrogens with one attached hydrogen (secondary N) is 3. The van der Waals surface area contributed by atoms with E-state index in [0.29, 0.717) is 18.1 Å². The van der Waals surface area contributed by atoms with E-state index < -0.39 is 11.6 Å². The average molecular weight is 486 g/mol. The maximum Gasteiger partial charge on any atom is 0.322 e. The number of aromatic nitrogens is 4. The van der Waals surface area contributed by atoms with Crippen molar-refractivity contribution in [3.8, 4) is 11.5 Å². The van der Waals surface area contributed by atoms with E-state index in [0.717, 1.165) is 40.0 Å². The predicted molar refractivity (Wildman–Crippen MR) is 133 cm³/mol. The van der Waals surface area contributed by atoms with Crippen molar-refractivity contribution < 1.29 is 9.59 Å². The molecule has 1 fully saturated rings. The van der Waals surface area contributed by atoms with E-state index in [1.165, 1.54) is 23.3 Å². The van der Waals surface area contributed by atoms with Gasteiger partial charge in [0.2, 0.25) is 0 Å². The van der Waals surface area contributed by atoms with Crippen LogP contribution in [0.15, 0.2) is 42.9 Å². The van der Waals surface area contributed by atoms with Crippen LogP contribution in [0.5, 0.6) is 0 Å². The summed E-state index contributed by atoms with van der Waals surface area (Å²) in [5.41, 5.74) is 2.68. The first-order valence-electron chi connectivity index (χ1n) is 11.6. The maximum atomic E-state index is 12.2. The number of hydrogen-bond acceptors (Lipinski definition) is 8. The molecule has 1 atom stereocenters. The van der Waals surface area contributed by atoms with Gasteiger partial charge in [0.25, 0.3) is 5.91 Å². The van der Waals surface area contributed by atoms with E-state index in [4.69, 9.17) is 9.97 Å². The van der Waals surface area contributed by atoms with Crippen molar-refractivity contribution in [3.63, 3.8) is 0 Å². The zero-order chi connectivity index (χ0) is 24.0. The number of hydrogen-bond donors (Lipinski definition) is 3. The number of thiophene rings is 1. The number of urea groups is 1. The third-order valence-corrected chi connectivity index (χ3v) is 7.83. The molecule has 176 valence electrons. The molecule has 2 aliphatic rings. The molecule has 3 aromatic heterocycles. The minimum Gasteiger partial charge on any atom is -0.365 e. The van der Waals surface area contributed by atoms with E-state index in [9.17, 15) is 9.59 Å². The Labute approximate surface area is 205 Å². The molecule has 10 heteroatoms. The van der Waals surface area contributed by atoms with Crippen molar-refractivity contribution >= 4 is 39.3 Å². The molecule has 3 amide bonds. The van der Waals surface area contributed by atoms with Gasteiger partial charge in [0.15, 0.2) is 5.82 Å². The highest BCUT2D eigenvalue weighted by molar-refractivity contribution is 7.19. The van der Waals surface area contributed by atoms with Gasteiger partial charge in [-0.15, -0.1) is 11.3 Å². The Balaban J connectivity index is 1.32. The molecular weight excluding hydrogens is 462 g/mol. The minimum atomic E-state index is -1.07. The number of fused-ring (bicyclic) bond motifs is 3. The second-order valence-corrected chi connectivity index (χ2v) is 10.0. The predicted octanol–water partition coefficient (Wildman–Crippen LogP) is 3.69. The van der Waals surface area contributed by atoms with Gasteiger partial charge in [-0.25, -0.2) is 19.7 Å². The number of benzene rings is 1. The van der Waals surface area contributed by atoms with Gasteiger partial charge < -0.3 is 10.6 Å². The average Bonchev–Trinajstić information content (AvgIpc) is 3.39. The lowest BCUT2D eigenvalue weighted by Crippen LogP contribution is -2.40. The van der Waals surface area contributed by atoms with Gasteiger partial charge in [-0.2, -0.15) is 0 Å². The monoisotopic (exact) mass is 485 g/mol. The van der Waals surface area contributed by atoms with Crippen LogP contribution in [0.25, 0.3) is 21.7 Å². The molecule has 1 saturated heterocycles. The molecular formula is C25H23N7O2S. The third kappa shape index (κ3) is 3.79. The smallest absolute Gasteiger partial charge is 0.322 e. The number of imide groups is 1. The number of carbonyl (C=O) groups is 2. The standard InChI is InChI=1S/C25H23N7O2S/c1-25(23(33)31-24(34)32-25)15-8-6-14(7-9-15)12-28-21-19-16-4-2-3-5-18(16)35-22(19)30-20(29-21)17-13-26-10-11-27-17/h6-11,13H,2-5,12H2,1H3,(H,28,29,30)(H2,31,32,33,34). The van der Waals surface area contributed by atoms with E-state index in [1.54, 1.807) is 36.9 Å². The van der Waals surface area contributed by atoms with E-state index >= 15 is 0 Å². The Morgan fingerprint density at radius 3 is 2.66 bits per heavy atom. The normalized spacial score (nSPS) is 19.3. The molecule has 1 unspecified atom stereocenters. The molecule has 1 aliphatic carbocycles. The van der Waals surface area contributed by atoms with Gasteiger partial charge in [0, 0.05) is 23.8 Å². The second-order valence-electron chi connectivity index (χ2n) is 8.96. The van der Waals surface area contributed by atoms with Gasteiger partial charge in [-0.1, -0.05) is 24.3 Å². The topological polar surface area (TPSA) is 122 Å². The Hall–Kier alpha value is -3.92. The van der Waals surface area contributed by atoms with Crippen LogP contribution >= 0.6 is 11.3 Å². The van der Waals surface area contributed by atoms with Gasteiger partial charge in [0.1, 0.15) is 21.9 Å².